The van der Waals surface area contributed by atoms with Gasteiger partial charge in [-0.05, 0) is 86.7 Å². The number of hydrogen-bond donors (Lipinski definition) is 1. The minimum Gasteiger partial charge on any atom is -0.325 e. The van der Waals surface area contributed by atoms with Crippen molar-refractivity contribution in [1.29, 1.82) is 0 Å². The summed E-state index contributed by atoms with van der Waals surface area (Å²) in [5.74, 6) is 0.325. The lowest BCUT2D eigenvalue weighted by molar-refractivity contribution is -0.117. The molecule has 0 spiro atoms. The molecule has 4 nitrogen and oxygen atoms in total. The van der Waals surface area contributed by atoms with Crippen molar-refractivity contribution in [3.05, 3.63) is 65.5 Å². The number of likely N-dealkylation sites (tertiary alicyclic amines) is 1. The van der Waals surface area contributed by atoms with Crippen LogP contribution in [0.3, 0.4) is 0 Å². The van der Waals surface area contributed by atoms with Gasteiger partial charge in [-0.1, -0.05) is 31.4 Å². The molecule has 1 saturated heterocycles. The number of Topliss-reactive ketones (excluding diaryl/α,β-unsaturated/α-hetero) is 1. The molecule has 4 rings (SSSR count). The van der Waals surface area contributed by atoms with Crippen LogP contribution in [-0.4, -0.2) is 36.2 Å². The number of amides is 1. The van der Waals surface area contributed by atoms with Crippen LogP contribution in [0.25, 0.3) is 0 Å². The molecule has 2 fully saturated rings. The number of hydrogen-bond acceptors (Lipinski definition) is 3. The van der Waals surface area contributed by atoms with Crippen LogP contribution < -0.4 is 5.32 Å². The molecular weight excluding hydrogens is 391 g/mol. The molecule has 2 aromatic carbocycles. The first-order valence-electron chi connectivity index (χ1n) is 11.5. The molecule has 0 aromatic heterocycles. The summed E-state index contributed by atoms with van der Waals surface area (Å²) in [5, 5.41) is 3.00. The van der Waals surface area contributed by atoms with Gasteiger partial charge in [0.1, 0.15) is 5.82 Å². The highest BCUT2D eigenvalue weighted by Gasteiger charge is 2.26. The molecule has 1 amide bonds. The lowest BCUT2D eigenvalue weighted by atomic mass is 9.84. The molecule has 2 aromatic rings. The standard InChI is InChI=1S/C26H31FN2O2/c27-23-10-6-21(7-11-23)26(31)22-14-16-29(17-15-22)18-25(30)28-24-12-8-20(9-13-24)19-4-2-1-3-5-19/h6-13,19,22H,1-5,14-18H2,(H,28,30). The molecule has 164 valence electrons. The molecule has 2 aliphatic rings. The fraction of sp³-hybridized carbons (Fsp3) is 0.462. The highest BCUT2D eigenvalue weighted by molar-refractivity contribution is 5.98. The van der Waals surface area contributed by atoms with E-state index in [9.17, 15) is 14.0 Å². The van der Waals surface area contributed by atoms with Crippen molar-refractivity contribution in [3.63, 3.8) is 0 Å². The summed E-state index contributed by atoms with van der Waals surface area (Å²) in [4.78, 5) is 27.2. The number of nitrogens with zero attached hydrogens (tertiary/aromatic N) is 1. The molecule has 0 radical (unpaired) electrons. The zero-order valence-corrected chi connectivity index (χ0v) is 18.0. The average molecular weight is 423 g/mol. The Morgan fingerprint density at radius 1 is 0.871 bits per heavy atom. The van der Waals surface area contributed by atoms with Crippen LogP contribution in [0.15, 0.2) is 48.5 Å². The molecule has 1 aliphatic carbocycles. The van der Waals surface area contributed by atoms with Gasteiger partial charge in [0.25, 0.3) is 0 Å². The summed E-state index contributed by atoms with van der Waals surface area (Å²) in [7, 11) is 0. The summed E-state index contributed by atoms with van der Waals surface area (Å²) in [5.41, 5.74) is 2.78. The van der Waals surface area contributed by atoms with Gasteiger partial charge in [-0.15, -0.1) is 0 Å². The average Bonchev–Trinajstić information content (AvgIpc) is 2.81. The Hall–Kier alpha value is -2.53. The fourth-order valence-electron chi connectivity index (χ4n) is 4.88. The predicted molar refractivity (Wildman–Crippen MR) is 121 cm³/mol. The summed E-state index contributed by atoms with van der Waals surface area (Å²) in [6.45, 7) is 1.76. The molecule has 1 heterocycles. The van der Waals surface area contributed by atoms with Crippen molar-refractivity contribution >= 4 is 17.4 Å². The number of anilines is 1. The minimum atomic E-state index is -0.332. The van der Waals surface area contributed by atoms with Crippen molar-refractivity contribution in [1.82, 2.24) is 4.90 Å². The highest BCUT2D eigenvalue weighted by Crippen LogP contribution is 2.33. The summed E-state index contributed by atoms with van der Waals surface area (Å²) in [6, 6.07) is 14.1. The molecule has 31 heavy (non-hydrogen) atoms. The van der Waals surface area contributed by atoms with Crippen LogP contribution in [0.5, 0.6) is 0 Å². The van der Waals surface area contributed by atoms with Crippen molar-refractivity contribution in [3.8, 4) is 0 Å². The number of piperidine rings is 1. The summed E-state index contributed by atoms with van der Waals surface area (Å²) < 4.78 is 13.1. The van der Waals surface area contributed by atoms with Crippen molar-refractivity contribution < 1.29 is 14.0 Å². The van der Waals surface area contributed by atoms with Gasteiger partial charge in [0.05, 0.1) is 6.54 Å². The topological polar surface area (TPSA) is 49.4 Å². The normalized spacial score (nSPS) is 18.6. The van der Waals surface area contributed by atoms with Gasteiger partial charge < -0.3 is 5.32 Å². The highest BCUT2D eigenvalue weighted by atomic mass is 19.1. The first kappa shape index (κ1) is 21.7. The first-order valence-corrected chi connectivity index (χ1v) is 11.5. The maximum Gasteiger partial charge on any atom is 0.238 e. The van der Waals surface area contributed by atoms with E-state index in [1.807, 2.05) is 12.1 Å². The number of carbonyl (C=O) groups is 2. The fourth-order valence-corrected chi connectivity index (χ4v) is 4.88. The molecule has 0 unspecified atom stereocenters. The number of carbonyl (C=O) groups excluding carboxylic acids is 2. The Bertz CT molecular complexity index is 881. The largest absolute Gasteiger partial charge is 0.325 e. The Morgan fingerprint density at radius 2 is 1.52 bits per heavy atom. The number of benzene rings is 2. The number of halogens is 1. The Labute approximate surface area is 183 Å². The number of rotatable bonds is 6. The lowest BCUT2D eigenvalue weighted by Gasteiger charge is -2.30. The molecular formula is C26H31FN2O2. The van der Waals surface area contributed by atoms with Crippen LogP contribution in [0, 0.1) is 11.7 Å². The van der Waals surface area contributed by atoms with Gasteiger partial charge in [-0.2, -0.15) is 0 Å². The first-order chi connectivity index (χ1) is 15.1. The van der Waals surface area contributed by atoms with E-state index in [2.05, 4.69) is 22.3 Å². The van der Waals surface area contributed by atoms with E-state index in [1.165, 1.54) is 49.8 Å². The molecule has 5 heteroatoms. The lowest BCUT2D eigenvalue weighted by Crippen LogP contribution is -2.40. The third kappa shape index (κ3) is 5.79. The van der Waals surface area contributed by atoms with Gasteiger partial charge >= 0.3 is 0 Å². The Kier molecular flexibility index (Phi) is 7.13. The maximum absolute atomic E-state index is 13.1. The van der Waals surface area contributed by atoms with E-state index in [-0.39, 0.29) is 23.4 Å². The Balaban J connectivity index is 1.22. The van der Waals surface area contributed by atoms with Crippen molar-refractivity contribution in [2.24, 2.45) is 5.92 Å². The SMILES string of the molecule is O=C(CN1CCC(C(=O)c2ccc(F)cc2)CC1)Nc1ccc(C2CCCCC2)cc1. The van der Waals surface area contributed by atoms with Crippen molar-refractivity contribution in [2.45, 2.75) is 50.9 Å². The molecule has 1 saturated carbocycles. The van der Waals surface area contributed by atoms with Crippen LogP contribution in [0.2, 0.25) is 0 Å². The van der Waals surface area contributed by atoms with E-state index in [4.69, 9.17) is 0 Å². The number of ketones is 1. The van der Waals surface area contributed by atoms with Gasteiger partial charge in [-0.3, -0.25) is 14.5 Å². The number of nitrogens with one attached hydrogen (secondary N) is 1. The zero-order valence-electron chi connectivity index (χ0n) is 18.0. The Morgan fingerprint density at radius 3 is 2.16 bits per heavy atom. The van der Waals surface area contributed by atoms with Crippen molar-refractivity contribution in [2.75, 3.05) is 25.0 Å². The van der Waals surface area contributed by atoms with E-state index >= 15 is 0 Å². The van der Waals surface area contributed by atoms with E-state index in [0.29, 0.717) is 31.1 Å². The zero-order chi connectivity index (χ0) is 21.6. The van der Waals surface area contributed by atoms with Crippen LogP contribution in [0.1, 0.15) is 66.8 Å². The molecule has 1 aliphatic heterocycles. The second kappa shape index (κ2) is 10.2. The minimum absolute atomic E-state index is 0.0197. The van der Waals surface area contributed by atoms with Gasteiger partial charge in [0.15, 0.2) is 5.78 Å². The van der Waals surface area contributed by atoms with Gasteiger partial charge in [0.2, 0.25) is 5.91 Å². The molecule has 0 atom stereocenters. The monoisotopic (exact) mass is 422 g/mol. The third-order valence-corrected chi connectivity index (χ3v) is 6.73. The van der Waals surface area contributed by atoms with E-state index in [1.54, 1.807) is 12.1 Å². The smallest absolute Gasteiger partial charge is 0.238 e. The summed E-state index contributed by atoms with van der Waals surface area (Å²) in [6.07, 6.45) is 7.96. The van der Waals surface area contributed by atoms with Crippen LogP contribution >= 0.6 is 0 Å². The molecule has 1 N–H and O–H groups in total. The van der Waals surface area contributed by atoms with E-state index < -0.39 is 0 Å². The second-order valence-electron chi connectivity index (χ2n) is 8.93. The van der Waals surface area contributed by atoms with Crippen LogP contribution in [0.4, 0.5) is 10.1 Å². The predicted octanol–water partition coefficient (Wildman–Crippen LogP) is 5.41. The third-order valence-electron chi connectivity index (χ3n) is 6.73. The second-order valence-corrected chi connectivity index (χ2v) is 8.93. The van der Waals surface area contributed by atoms with Gasteiger partial charge in [0, 0.05) is 17.2 Å². The maximum atomic E-state index is 13.1. The van der Waals surface area contributed by atoms with Gasteiger partial charge in [-0.25, -0.2) is 4.39 Å². The quantitative estimate of drug-likeness (QED) is 0.634. The van der Waals surface area contributed by atoms with E-state index in [0.717, 1.165) is 18.5 Å². The molecule has 0 bridgehead atoms. The van der Waals surface area contributed by atoms with Crippen LogP contribution in [-0.2, 0) is 4.79 Å². The summed E-state index contributed by atoms with van der Waals surface area (Å²) >= 11 is 0.